The summed E-state index contributed by atoms with van der Waals surface area (Å²) in [6, 6.07) is 19.7. The van der Waals surface area contributed by atoms with Gasteiger partial charge in [-0.1, -0.05) is 54.6 Å². The van der Waals surface area contributed by atoms with Crippen LogP contribution in [0.3, 0.4) is 0 Å². The van der Waals surface area contributed by atoms with Crippen LogP contribution in [0.4, 0.5) is 5.69 Å². The molecule has 0 amide bonds. The molecule has 1 atom stereocenters. The predicted molar refractivity (Wildman–Crippen MR) is 90.7 cm³/mol. The third-order valence-corrected chi connectivity index (χ3v) is 4.64. The second-order valence-electron chi connectivity index (χ2n) is 5.93. The number of fused-ring (bicyclic) bond motifs is 1. The third-order valence-electron chi connectivity index (χ3n) is 4.64. The van der Waals surface area contributed by atoms with Gasteiger partial charge in [-0.3, -0.25) is 0 Å². The normalized spacial score (nSPS) is 22.6. The highest BCUT2D eigenvalue weighted by atomic mass is 15.2. The lowest BCUT2D eigenvalue weighted by Crippen LogP contribution is -2.30. The fraction of sp³-hybridized carbons (Fsp3) is 0.300. The Balaban J connectivity index is 2.11. The molecule has 0 saturated carbocycles. The van der Waals surface area contributed by atoms with Gasteiger partial charge in [0.05, 0.1) is 0 Å². The van der Waals surface area contributed by atoms with Crippen LogP contribution in [-0.4, -0.2) is 6.54 Å². The van der Waals surface area contributed by atoms with Crippen molar-refractivity contribution in [2.45, 2.75) is 32.6 Å². The molecule has 1 heteroatoms. The Morgan fingerprint density at radius 3 is 2.33 bits per heavy atom. The van der Waals surface area contributed by atoms with Crippen molar-refractivity contribution in [1.29, 1.82) is 0 Å². The minimum absolute atomic E-state index is 0.0582. The quantitative estimate of drug-likeness (QED) is 0.769. The number of nitrogens with zero attached hydrogens (tertiary/aromatic N) is 1. The minimum Gasteiger partial charge on any atom is -0.345 e. The van der Waals surface area contributed by atoms with E-state index in [1.54, 1.807) is 0 Å². The fourth-order valence-electron chi connectivity index (χ4n) is 3.75. The first-order valence-electron chi connectivity index (χ1n) is 7.78. The summed E-state index contributed by atoms with van der Waals surface area (Å²) in [6.45, 7) is 7.78. The SMILES string of the molecule is C/C=C1\N(CC)c2ccccc2C1(C)Cc1ccccc1. The smallest absolute Gasteiger partial charge is 0.0450 e. The van der Waals surface area contributed by atoms with E-state index in [9.17, 15) is 0 Å². The monoisotopic (exact) mass is 277 g/mol. The van der Waals surface area contributed by atoms with Gasteiger partial charge in [-0.2, -0.15) is 0 Å². The standard InChI is InChI=1S/C20H23N/c1-4-19-20(3,15-16-11-7-6-8-12-16)17-13-9-10-14-18(17)21(19)5-2/h4,6-14H,5,15H2,1-3H3/b19-4-. The second-order valence-corrected chi connectivity index (χ2v) is 5.93. The van der Waals surface area contributed by atoms with E-state index in [0.29, 0.717) is 0 Å². The minimum atomic E-state index is 0.0582. The molecule has 2 aromatic rings. The fourth-order valence-corrected chi connectivity index (χ4v) is 3.75. The van der Waals surface area contributed by atoms with Crippen molar-refractivity contribution in [2.24, 2.45) is 0 Å². The topological polar surface area (TPSA) is 3.24 Å². The number of hydrogen-bond donors (Lipinski definition) is 0. The van der Waals surface area contributed by atoms with E-state index in [-0.39, 0.29) is 5.41 Å². The lowest BCUT2D eigenvalue weighted by atomic mass is 9.76. The van der Waals surface area contributed by atoms with Crippen LogP contribution in [0.1, 0.15) is 31.9 Å². The van der Waals surface area contributed by atoms with E-state index in [1.165, 1.54) is 22.5 Å². The van der Waals surface area contributed by atoms with Gasteiger partial charge in [0.1, 0.15) is 0 Å². The molecule has 2 aromatic carbocycles. The van der Waals surface area contributed by atoms with Gasteiger partial charge in [-0.15, -0.1) is 0 Å². The summed E-state index contributed by atoms with van der Waals surface area (Å²) in [6.07, 6.45) is 3.33. The molecule has 0 fully saturated rings. The molecule has 0 spiro atoms. The van der Waals surface area contributed by atoms with E-state index >= 15 is 0 Å². The van der Waals surface area contributed by atoms with E-state index in [2.05, 4.69) is 86.3 Å². The molecule has 0 N–H and O–H groups in total. The number of hydrogen-bond acceptors (Lipinski definition) is 1. The molecule has 0 radical (unpaired) electrons. The van der Waals surface area contributed by atoms with Crippen LogP contribution in [0.25, 0.3) is 0 Å². The second kappa shape index (κ2) is 5.40. The molecule has 1 nitrogen and oxygen atoms in total. The molecular formula is C20H23N. The Morgan fingerprint density at radius 1 is 1.00 bits per heavy atom. The third kappa shape index (κ3) is 2.17. The van der Waals surface area contributed by atoms with E-state index in [4.69, 9.17) is 0 Å². The summed E-state index contributed by atoms with van der Waals surface area (Å²) in [5.41, 5.74) is 5.69. The van der Waals surface area contributed by atoms with Gasteiger partial charge in [0, 0.05) is 23.3 Å². The lowest BCUT2D eigenvalue weighted by Gasteiger charge is -2.30. The Labute approximate surface area is 127 Å². The molecule has 21 heavy (non-hydrogen) atoms. The van der Waals surface area contributed by atoms with Crippen molar-refractivity contribution in [3.05, 3.63) is 77.5 Å². The molecule has 0 bridgehead atoms. The zero-order chi connectivity index (χ0) is 14.9. The largest absolute Gasteiger partial charge is 0.345 e. The summed E-state index contributed by atoms with van der Waals surface area (Å²) < 4.78 is 0. The number of likely N-dealkylation sites (N-methyl/N-ethyl adjacent to an activating group) is 1. The van der Waals surface area contributed by atoms with Gasteiger partial charge in [-0.05, 0) is 44.4 Å². The summed E-state index contributed by atoms with van der Waals surface area (Å²) in [5.74, 6) is 0. The molecule has 1 unspecified atom stereocenters. The van der Waals surface area contributed by atoms with Gasteiger partial charge < -0.3 is 4.90 Å². The van der Waals surface area contributed by atoms with Crippen molar-refractivity contribution in [3.63, 3.8) is 0 Å². The molecule has 1 aliphatic heterocycles. The summed E-state index contributed by atoms with van der Waals surface area (Å²) in [7, 11) is 0. The zero-order valence-corrected chi connectivity index (χ0v) is 13.1. The molecule has 0 aliphatic carbocycles. The van der Waals surface area contributed by atoms with Crippen LogP contribution in [-0.2, 0) is 11.8 Å². The molecule has 1 aliphatic rings. The molecule has 3 rings (SSSR count). The van der Waals surface area contributed by atoms with Crippen molar-refractivity contribution >= 4 is 5.69 Å². The van der Waals surface area contributed by atoms with Crippen molar-refractivity contribution in [1.82, 2.24) is 0 Å². The Morgan fingerprint density at radius 2 is 1.67 bits per heavy atom. The molecule has 0 saturated heterocycles. The van der Waals surface area contributed by atoms with E-state index < -0.39 is 0 Å². The number of rotatable bonds is 3. The molecular weight excluding hydrogens is 254 g/mol. The first-order valence-corrected chi connectivity index (χ1v) is 7.78. The van der Waals surface area contributed by atoms with Crippen molar-refractivity contribution in [3.8, 4) is 0 Å². The Bertz CT molecular complexity index is 657. The van der Waals surface area contributed by atoms with Crippen LogP contribution in [0.5, 0.6) is 0 Å². The van der Waals surface area contributed by atoms with Crippen LogP contribution < -0.4 is 4.90 Å². The zero-order valence-electron chi connectivity index (χ0n) is 13.1. The molecule has 108 valence electrons. The maximum Gasteiger partial charge on any atom is 0.0450 e. The van der Waals surface area contributed by atoms with Gasteiger partial charge in [0.25, 0.3) is 0 Å². The first kappa shape index (κ1) is 13.9. The lowest BCUT2D eigenvalue weighted by molar-refractivity contribution is 0.562. The maximum atomic E-state index is 2.46. The maximum absolute atomic E-state index is 2.46. The number of anilines is 1. The van der Waals surface area contributed by atoms with Gasteiger partial charge >= 0.3 is 0 Å². The van der Waals surface area contributed by atoms with Gasteiger partial charge in [0.2, 0.25) is 0 Å². The average Bonchev–Trinajstić information content (AvgIpc) is 2.76. The predicted octanol–water partition coefficient (Wildman–Crippen LogP) is 4.93. The van der Waals surface area contributed by atoms with Crippen LogP contribution in [0.2, 0.25) is 0 Å². The highest BCUT2D eigenvalue weighted by Gasteiger charge is 2.42. The number of allylic oxidation sites excluding steroid dienone is 2. The number of para-hydroxylation sites is 1. The average molecular weight is 277 g/mol. The van der Waals surface area contributed by atoms with Crippen LogP contribution in [0.15, 0.2) is 66.4 Å². The van der Waals surface area contributed by atoms with Crippen LogP contribution >= 0.6 is 0 Å². The van der Waals surface area contributed by atoms with Gasteiger partial charge in [-0.25, -0.2) is 0 Å². The summed E-state index contributed by atoms with van der Waals surface area (Å²) in [4.78, 5) is 2.46. The molecule has 0 aromatic heterocycles. The summed E-state index contributed by atoms with van der Waals surface area (Å²) in [5, 5.41) is 0. The van der Waals surface area contributed by atoms with Gasteiger partial charge in [0.15, 0.2) is 0 Å². The highest BCUT2D eigenvalue weighted by Crippen LogP contribution is 2.49. The molecule has 1 heterocycles. The number of benzene rings is 2. The Kier molecular flexibility index (Phi) is 3.59. The van der Waals surface area contributed by atoms with Crippen molar-refractivity contribution in [2.75, 3.05) is 11.4 Å². The summed E-state index contributed by atoms with van der Waals surface area (Å²) >= 11 is 0. The first-order chi connectivity index (χ1) is 10.2. The van der Waals surface area contributed by atoms with E-state index in [1.807, 2.05) is 0 Å². The van der Waals surface area contributed by atoms with Crippen LogP contribution in [0, 0.1) is 0 Å². The highest BCUT2D eigenvalue weighted by molar-refractivity contribution is 5.70. The van der Waals surface area contributed by atoms with Crippen molar-refractivity contribution < 1.29 is 0 Å². The van der Waals surface area contributed by atoms with E-state index in [0.717, 1.165) is 13.0 Å². The Hall–Kier alpha value is -2.02.